The second kappa shape index (κ2) is 10.6. The van der Waals surface area contributed by atoms with Crippen LogP contribution >= 0.6 is 11.3 Å². The molecule has 1 atom stereocenters. The summed E-state index contributed by atoms with van der Waals surface area (Å²) >= 11 is 1.07. The average Bonchev–Trinajstić information content (AvgIpc) is 3.19. The van der Waals surface area contributed by atoms with Crippen molar-refractivity contribution >= 4 is 53.2 Å². The number of sulfonamides is 1. The number of aromatic nitrogens is 1. The molecule has 0 saturated carbocycles. The van der Waals surface area contributed by atoms with E-state index < -0.39 is 42.0 Å². The molecule has 13 heteroatoms. The molecule has 3 aromatic rings. The van der Waals surface area contributed by atoms with Gasteiger partial charge in [0, 0.05) is 26.2 Å². The average molecular weight is 553 g/mol. The first kappa shape index (κ1) is 27.7. The molecule has 0 saturated heterocycles. The molecule has 3 rings (SSSR count). The number of carbonyl (C=O) groups excluding carboxylic acids is 2. The number of nitrogens with two attached hydrogens (primary N) is 1. The maximum absolute atomic E-state index is 13.1. The summed E-state index contributed by atoms with van der Waals surface area (Å²) < 4.78 is 49.2. The van der Waals surface area contributed by atoms with Gasteiger partial charge in [-0.2, -0.15) is 0 Å². The Bertz CT molecular complexity index is 1510. The van der Waals surface area contributed by atoms with E-state index in [1.54, 1.807) is 38.4 Å². The van der Waals surface area contributed by atoms with Crippen LogP contribution in [0.2, 0.25) is 0 Å². The Labute approximate surface area is 214 Å². The molecule has 0 fully saturated rings. The monoisotopic (exact) mass is 552 g/mol. The summed E-state index contributed by atoms with van der Waals surface area (Å²) in [4.78, 5) is 31.2. The highest BCUT2D eigenvalue weighted by Crippen LogP contribution is 2.35. The van der Waals surface area contributed by atoms with E-state index in [0.29, 0.717) is 15.8 Å². The Morgan fingerprint density at radius 1 is 1.06 bits per heavy atom. The molecule has 2 amide bonds. The van der Waals surface area contributed by atoms with E-state index in [2.05, 4.69) is 10.3 Å². The van der Waals surface area contributed by atoms with Crippen LogP contribution in [0.5, 0.6) is 0 Å². The lowest BCUT2D eigenvalue weighted by atomic mass is 10.0. The van der Waals surface area contributed by atoms with Gasteiger partial charge in [-0.1, -0.05) is 18.2 Å². The van der Waals surface area contributed by atoms with E-state index in [1.807, 2.05) is 18.2 Å². The van der Waals surface area contributed by atoms with Crippen LogP contribution < -0.4 is 10.5 Å². The van der Waals surface area contributed by atoms with Crippen LogP contribution in [-0.2, 0) is 24.7 Å². The van der Waals surface area contributed by atoms with Gasteiger partial charge in [0.1, 0.15) is 5.01 Å². The smallest absolute Gasteiger partial charge is 0.253 e. The van der Waals surface area contributed by atoms with Gasteiger partial charge in [0.15, 0.2) is 15.1 Å². The van der Waals surface area contributed by atoms with Crippen molar-refractivity contribution in [2.24, 2.45) is 5.14 Å². The fourth-order valence-corrected chi connectivity index (χ4v) is 6.59. The van der Waals surface area contributed by atoms with Crippen molar-refractivity contribution < 1.29 is 26.4 Å². The SMILES string of the molecule is CC(C)S(=O)(=O)C(C(=O)NCCS(N)(=O)=O)c1nc2ccc(-c3cccc(C(=O)N(C)C)c3)cc2s1. The lowest BCUT2D eigenvalue weighted by Crippen LogP contribution is -2.39. The molecule has 0 radical (unpaired) electrons. The predicted molar refractivity (Wildman–Crippen MR) is 141 cm³/mol. The van der Waals surface area contributed by atoms with E-state index in [0.717, 1.165) is 22.5 Å². The minimum atomic E-state index is -3.98. The van der Waals surface area contributed by atoms with Crippen molar-refractivity contribution in [3.8, 4) is 11.1 Å². The van der Waals surface area contributed by atoms with Gasteiger partial charge in [-0.15, -0.1) is 11.3 Å². The zero-order valence-electron chi connectivity index (χ0n) is 20.3. The Hall–Kier alpha value is -2.87. The maximum Gasteiger partial charge on any atom is 0.253 e. The van der Waals surface area contributed by atoms with E-state index in [4.69, 9.17) is 5.14 Å². The third kappa shape index (κ3) is 6.27. The number of primary sulfonamides is 1. The summed E-state index contributed by atoms with van der Waals surface area (Å²) in [5, 5.41) is 4.94. The van der Waals surface area contributed by atoms with Crippen molar-refractivity contribution in [1.82, 2.24) is 15.2 Å². The fourth-order valence-electron chi connectivity index (χ4n) is 3.41. The third-order valence-electron chi connectivity index (χ3n) is 5.39. The molecule has 1 aromatic heterocycles. The van der Waals surface area contributed by atoms with Crippen LogP contribution in [0, 0.1) is 0 Å². The van der Waals surface area contributed by atoms with Gasteiger partial charge in [-0.25, -0.2) is 27.0 Å². The zero-order valence-corrected chi connectivity index (χ0v) is 22.7. The lowest BCUT2D eigenvalue weighted by molar-refractivity contribution is -0.120. The van der Waals surface area contributed by atoms with Gasteiger partial charge in [0.05, 0.1) is 21.2 Å². The van der Waals surface area contributed by atoms with Crippen molar-refractivity contribution in [3.63, 3.8) is 0 Å². The largest absolute Gasteiger partial charge is 0.354 e. The van der Waals surface area contributed by atoms with E-state index >= 15 is 0 Å². The molecule has 10 nitrogen and oxygen atoms in total. The third-order valence-corrected chi connectivity index (χ3v) is 9.80. The van der Waals surface area contributed by atoms with Gasteiger partial charge < -0.3 is 10.2 Å². The van der Waals surface area contributed by atoms with Gasteiger partial charge >= 0.3 is 0 Å². The molecule has 3 N–H and O–H groups in total. The van der Waals surface area contributed by atoms with E-state index in [9.17, 15) is 26.4 Å². The highest BCUT2D eigenvalue weighted by Gasteiger charge is 2.39. The summed E-state index contributed by atoms with van der Waals surface area (Å²) in [6.45, 7) is 2.61. The summed E-state index contributed by atoms with van der Waals surface area (Å²) in [5.74, 6) is -1.51. The number of benzene rings is 2. The topological polar surface area (TPSA) is 157 Å². The van der Waals surface area contributed by atoms with Crippen LogP contribution in [0.3, 0.4) is 0 Å². The fraction of sp³-hybridized carbons (Fsp3) is 0.348. The molecule has 0 bridgehead atoms. The number of thiazole rings is 1. The summed E-state index contributed by atoms with van der Waals surface area (Å²) in [5.41, 5.74) is 2.64. The zero-order chi connectivity index (χ0) is 26.8. The van der Waals surface area contributed by atoms with Crippen molar-refractivity contribution in [2.75, 3.05) is 26.4 Å². The van der Waals surface area contributed by atoms with E-state index in [-0.39, 0.29) is 17.5 Å². The summed E-state index contributed by atoms with van der Waals surface area (Å²) in [6, 6.07) is 12.5. The second-order valence-electron chi connectivity index (χ2n) is 8.69. The summed E-state index contributed by atoms with van der Waals surface area (Å²) in [7, 11) is -4.46. The number of nitrogens with one attached hydrogen (secondary N) is 1. The van der Waals surface area contributed by atoms with Gasteiger partial charge in [0.2, 0.25) is 15.9 Å². The van der Waals surface area contributed by atoms with Crippen LogP contribution in [0.15, 0.2) is 42.5 Å². The molecule has 194 valence electrons. The number of rotatable bonds is 9. The van der Waals surface area contributed by atoms with E-state index in [1.165, 1.54) is 18.7 Å². The van der Waals surface area contributed by atoms with Crippen LogP contribution in [-0.4, -0.2) is 70.2 Å². The highest BCUT2D eigenvalue weighted by atomic mass is 32.2. The molecule has 2 aromatic carbocycles. The lowest BCUT2D eigenvalue weighted by Gasteiger charge is -2.17. The number of amides is 2. The van der Waals surface area contributed by atoms with Crippen LogP contribution in [0.1, 0.15) is 34.5 Å². The number of sulfone groups is 1. The van der Waals surface area contributed by atoms with Crippen LogP contribution in [0.4, 0.5) is 0 Å². The quantitative estimate of drug-likeness (QED) is 0.411. The molecule has 0 aliphatic carbocycles. The molecule has 0 spiro atoms. The Morgan fingerprint density at radius 2 is 1.72 bits per heavy atom. The second-order valence-corrected chi connectivity index (χ2v) is 14.1. The normalized spacial score (nSPS) is 13.1. The minimum absolute atomic E-state index is 0.0838. The number of carbonyl (C=O) groups is 2. The van der Waals surface area contributed by atoms with Crippen molar-refractivity contribution in [3.05, 3.63) is 53.0 Å². The first-order chi connectivity index (χ1) is 16.7. The number of hydrogen-bond donors (Lipinski definition) is 2. The Balaban J connectivity index is 2.00. The summed E-state index contributed by atoms with van der Waals surface area (Å²) in [6.07, 6.45) is 0. The Kier molecular flexibility index (Phi) is 8.18. The predicted octanol–water partition coefficient (Wildman–Crippen LogP) is 1.93. The molecule has 0 aliphatic heterocycles. The van der Waals surface area contributed by atoms with Crippen LogP contribution in [0.25, 0.3) is 21.3 Å². The number of nitrogens with zero attached hydrogens (tertiary/aromatic N) is 2. The van der Waals surface area contributed by atoms with Crippen molar-refractivity contribution in [2.45, 2.75) is 24.3 Å². The maximum atomic E-state index is 13.1. The molecule has 1 unspecified atom stereocenters. The minimum Gasteiger partial charge on any atom is -0.354 e. The van der Waals surface area contributed by atoms with Gasteiger partial charge in [-0.3, -0.25) is 9.59 Å². The standard InChI is InChI=1S/C23H28N4O6S3/c1-14(2)36(32,33)20(21(28)25-10-11-35(24,30)31)22-26-18-9-8-16(13-19(18)34-22)15-6-5-7-17(12-15)23(29)27(3)4/h5-9,12-14,20H,10-11H2,1-4H3,(H,25,28)(H2,24,30,31). The molecule has 36 heavy (non-hydrogen) atoms. The molecular weight excluding hydrogens is 524 g/mol. The Morgan fingerprint density at radius 3 is 2.33 bits per heavy atom. The molecule has 0 aliphatic rings. The van der Waals surface area contributed by atoms with Crippen molar-refractivity contribution in [1.29, 1.82) is 0 Å². The first-order valence-electron chi connectivity index (χ1n) is 10.9. The van der Waals surface area contributed by atoms with Gasteiger partial charge in [-0.05, 0) is 49.2 Å². The molecular formula is C23H28N4O6S3. The first-order valence-corrected chi connectivity index (χ1v) is 15.1. The highest BCUT2D eigenvalue weighted by molar-refractivity contribution is 7.93. The van der Waals surface area contributed by atoms with Gasteiger partial charge in [0.25, 0.3) is 5.91 Å². The molecule has 1 heterocycles. The number of fused-ring (bicyclic) bond motifs is 1. The number of hydrogen-bond acceptors (Lipinski definition) is 8.